The van der Waals surface area contributed by atoms with E-state index in [1.54, 1.807) is 25.2 Å². The Labute approximate surface area is 143 Å². The summed E-state index contributed by atoms with van der Waals surface area (Å²) >= 11 is 0. The van der Waals surface area contributed by atoms with E-state index in [0.717, 1.165) is 25.9 Å². The molecule has 0 aromatic carbocycles. The molecule has 2 atom stereocenters. The molecule has 129 valence electrons. The van der Waals surface area contributed by atoms with E-state index in [-0.39, 0.29) is 23.8 Å². The number of pyridine rings is 1. The third kappa shape index (κ3) is 3.59. The molecule has 24 heavy (non-hydrogen) atoms. The fourth-order valence-electron chi connectivity index (χ4n) is 3.55. The molecule has 6 nitrogen and oxygen atoms in total. The van der Waals surface area contributed by atoms with Crippen LogP contribution in [0.4, 0.5) is 0 Å². The molecule has 1 saturated carbocycles. The van der Waals surface area contributed by atoms with Crippen LogP contribution in [0.5, 0.6) is 0 Å². The van der Waals surface area contributed by atoms with Crippen LogP contribution in [0.25, 0.3) is 0 Å². The number of aromatic nitrogens is 1. The lowest BCUT2D eigenvalue weighted by molar-refractivity contribution is -0.133. The van der Waals surface area contributed by atoms with Gasteiger partial charge in [-0.1, -0.05) is 0 Å². The predicted octanol–water partition coefficient (Wildman–Crippen LogP) is 1.22. The Balaban J connectivity index is 1.63. The number of carbonyl (C=O) groups excluding carboxylic acids is 2. The van der Waals surface area contributed by atoms with E-state index in [0.29, 0.717) is 12.1 Å². The van der Waals surface area contributed by atoms with Gasteiger partial charge in [-0.25, -0.2) is 0 Å². The maximum Gasteiger partial charge on any atom is 0.270 e. The Kier molecular flexibility index (Phi) is 4.85. The van der Waals surface area contributed by atoms with Gasteiger partial charge in [-0.05, 0) is 49.9 Å². The third-order valence-corrected chi connectivity index (χ3v) is 4.81. The summed E-state index contributed by atoms with van der Waals surface area (Å²) in [7, 11) is 5.61. The number of nitrogens with one attached hydrogen (secondary N) is 1. The van der Waals surface area contributed by atoms with Crippen molar-refractivity contribution in [2.24, 2.45) is 5.92 Å². The zero-order valence-electron chi connectivity index (χ0n) is 14.6. The van der Waals surface area contributed by atoms with E-state index in [9.17, 15) is 9.59 Å². The molecule has 0 bridgehead atoms. The molecule has 2 unspecified atom stereocenters. The van der Waals surface area contributed by atoms with Crippen LogP contribution in [0, 0.1) is 12.3 Å². The zero-order valence-corrected chi connectivity index (χ0v) is 14.6. The Morgan fingerprint density at radius 3 is 2.79 bits per heavy atom. The molecule has 1 aromatic rings. The van der Waals surface area contributed by atoms with E-state index < -0.39 is 0 Å². The molecule has 1 N–H and O–H groups in total. The average Bonchev–Trinajstić information content (AvgIpc) is 2.93. The van der Waals surface area contributed by atoms with Crippen LogP contribution in [-0.2, 0) is 17.9 Å². The van der Waals surface area contributed by atoms with Gasteiger partial charge in [-0.3, -0.25) is 19.5 Å². The van der Waals surface area contributed by atoms with E-state index >= 15 is 0 Å². The quantitative estimate of drug-likeness (QED) is 0.905. The highest BCUT2D eigenvalue weighted by Crippen LogP contribution is 2.25. The minimum absolute atomic E-state index is 0.0167. The molecule has 2 amide bonds. The molecule has 0 saturated heterocycles. The number of amides is 2. The second-order valence-electron chi connectivity index (χ2n) is 7.07. The fourth-order valence-corrected chi connectivity index (χ4v) is 3.55. The first-order chi connectivity index (χ1) is 11.4. The van der Waals surface area contributed by atoms with Gasteiger partial charge in [-0.15, -0.1) is 0 Å². The van der Waals surface area contributed by atoms with Gasteiger partial charge in [0, 0.05) is 45.3 Å². The number of hydrogen-bond acceptors (Lipinski definition) is 4. The van der Waals surface area contributed by atoms with Gasteiger partial charge in [0.1, 0.15) is 5.69 Å². The molecule has 1 aliphatic carbocycles. The molecule has 1 aliphatic heterocycles. The first-order valence-electron chi connectivity index (χ1n) is 8.45. The van der Waals surface area contributed by atoms with Gasteiger partial charge in [0.25, 0.3) is 5.91 Å². The number of rotatable bonds is 3. The molecule has 2 aliphatic rings. The van der Waals surface area contributed by atoms with E-state index in [1.165, 1.54) is 11.1 Å². The highest BCUT2D eigenvalue weighted by molar-refractivity contribution is 5.93. The van der Waals surface area contributed by atoms with Crippen molar-refractivity contribution in [2.45, 2.75) is 38.4 Å². The third-order valence-electron chi connectivity index (χ3n) is 4.81. The molecule has 6 heteroatoms. The van der Waals surface area contributed by atoms with Gasteiger partial charge in [-0.2, -0.15) is 0 Å². The van der Waals surface area contributed by atoms with Gasteiger partial charge in [0.15, 0.2) is 0 Å². The van der Waals surface area contributed by atoms with Crippen molar-refractivity contribution in [1.29, 1.82) is 0 Å². The first kappa shape index (κ1) is 16.9. The summed E-state index contributed by atoms with van der Waals surface area (Å²) in [4.78, 5) is 32.8. The highest BCUT2D eigenvalue weighted by atomic mass is 16.2. The van der Waals surface area contributed by atoms with E-state index in [4.69, 9.17) is 0 Å². The van der Waals surface area contributed by atoms with Crippen molar-refractivity contribution in [3.05, 3.63) is 35.5 Å². The van der Waals surface area contributed by atoms with E-state index in [2.05, 4.69) is 28.7 Å². The summed E-state index contributed by atoms with van der Waals surface area (Å²) < 4.78 is 0. The first-order valence-corrected chi connectivity index (χ1v) is 8.45. The number of fused-ring (bicyclic) bond motifs is 1. The largest absolute Gasteiger partial charge is 0.349 e. The molecule has 1 aromatic heterocycles. The lowest BCUT2D eigenvalue weighted by atomic mass is 9.85. The summed E-state index contributed by atoms with van der Waals surface area (Å²) in [6, 6.07) is 1.82. The second-order valence-corrected chi connectivity index (χ2v) is 7.07. The van der Waals surface area contributed by atoms with Crippen molar-refractivity contribution in [1.82, 2.24) is 20.1 Å². The minimum Gasteiger partial charge on any atom is -0.349 e. The number of hydrogen-bond donors (Lipinski definition) is 1. The SMILES string of the molecule is CN1Cc2cnc(C(=O)NC3[CH]CCC(C(=O)N(C)C)C3)cc2C1. The van der Waals surface area contributed by atoms with Crippen LogP contribution < -0.4 is 5.32 Å². The van der Waals surface area contributed by atoms with Crippen molar-refractivity contribution in [3.63, 3.8) is 0 Å². The topological polar surface area (TPSA) is 65.5 Å². The number of carbonyl (C=O) groups is 2. The molecular weight excluding hydrogens is 304 g/mol. The zero-order chi connectivity index (χ0) is 17.3. The van der Waals surface area contributed by atoms with Crippen LogP contribution in [0.15, 0.2) is 12.3 Å². The Hall–Kier alpha value is -1.95. The van der Waals surface area contributed by atoms with Gasteiger partial charge in [0.2, 0.25) is 5.91 Å². The van der Waals surface area contributed by atoms with Crippen molar-refractivity contribution >= 4 is 11.8 Å². The van der Waals surface area contributed by atoms with Crippen molar-refractivity contribution in [2.75, 3.05) is 21.1 Å². The normalized spacial score (nSPS) is 23.6. The number of nitrogens with zero attached hydrogens (tertiary/aromatic N) is 3. The Morgan fingerprint density at radius 1 is 1.29 bits per heavy atom. The molecule has 1 fully saturated rings. The van der Waals surface area contributed by atoms with Crippen LogP contribution in [0.3, 0.4) is 0 Å². The molecule has 2 heterocycles. The standard InChI is InChI=1S/C18H25N4O2/c1-21(2)18(24)12-5-4-6-15(7-12)20-17(23)16-8-13-10-22(3)11-14(13)9-19-16/h6,8-9,12,15H,4-5,7,10-11H2,1-3H3,(H,20,23). The fraction of sp³-hybridized carbons (Fsp3) is 0.556. The van der Waals surface area contributed by atoms with Crippen LogP contribution >= 0.6 is 0 Å². The summed E-state index contributed by atoms with van der Waals surface area (Å²) in [5.74, 6) is -0.0375. The maximum atomic E-state index is 12.5. The van der Waals surface area contributed by atoms with Crippen LogP contribution in [0.2, 0.25) is 0 Å². The Morgan fingerprint density at radius 2 is 2.04 bits per heavy atom. The predicted molar refractivity (Wildman–Crippen MR) is 91.0 cm³/mol. The average molecular weight is 329 g/mol. The van der Waals surface area contributed by atoms with Crippen LogP contribution in [0.1, 0.15) is 40.9 Å². The molecular formula is C18H25N4O2. The summed E-state index contributed by atoms with van der Waals surface area (Å²) in [6.07, 6.45) is 6.26. The summed E-state index contributed by atoms with van der Waals surface area (Å²) in [5.41, 5.74) is 2.82. The smallest absolute Gasteiger partial charge is 0.270 e. The summed E-state index contributed by atoms with van der Waals surface area (Å²) in [5, 5.41) is 3.02. The lowest BCUT2D eigenvalue weighted by Crippen LogP contribution is -2.42. The Bertz CT molecular complexity index is 644. The molecule has 3 rings (SSSR count). The second kappa shape index (κ2) is 6.89. The van der Waals surface area contributed by atoms with Crippen molar-refractivity contribution < 1.29 is 9.59 Å². The lowest BCUT2D eigenvalue weighted by Gasteiger charge is -2.30. The van der Waals surface area contributed by atoms with Crippen molar-refractivity contribution in [3.8, 4) is 0 Å². The van der Waals surface area contributed by atoms with E-state index in [1.807, 2.05) is 6.07 Å². The monoisotopic (exact) mass is 329 g/mol. The van der Waals surface area contributed by atoms with Gasteiger partial charge in [0.05, 0.1) is 0 Å². The maximum absolute atomic E-state index is 12.5. The summed E-state index contributed by atoms with van der Waals surface area (Å²) in [6.45, 7) is 1.74. The minimum atomic E-state index is -0.161. The van der Waals surface area contributed by atoms with Crippen LogP contribution in [-0.4, -0.2) is 53.8 Å². The molecule has 1 radical (unpaired) electrons. The highest BCUT2D eigenvalue weighted by Gasteiger charge is 2.29. The van der Waals surface area contributed by atoms with Gasteiger partial charge < -0.3 is 10.2 Å². The van der Waals surface area contributed by atoms with Gasteiger partial charge >= 0.3 is 0 Å². The molecule has 0 spiro atoms.